The van der Waals surface area contributed by atoms with Crippen LogP contribution in [0.5, 0.6) is 11.5 Å². The van der Waals surface area contributed by atoms with Gasteiger partial charge in [0.2, 0.25) is 0 Å². The van der Waals surface area contributed by atoms with Crippen molar-refractivity contribution in [1.29, 1.82) is 0 Å². The fourth-order valence-corrected chi connectivity index (χ4v) is 2.06. The van der Waals surface area contributed by atoms with Gasteiger partial charge in [0, 0.05) is 17.2 Å². The van der Waals surface area contributed by atoms with Crippen molar-refractivity contribution in [3.8, 4) is 11.5 Å². The van der Waals surface area contributed by atoms with Crippen molar-refractivity contribution in [3.05, 3.63) is 59.2 Å². The highest BCUT2D eigenvalue weighted by atomic mass is 16.5. The summed E-state index contributed by atoms with van der Waals surface area (Å²) in [6.45, 7) is 3.78. The van der Waals surface area contributed by atoms with Gasteiger partial charge in [-0.05, 0) is 38.1 Å². The zero-order valence-corrected chi connectivity index (χ0v) is 13.7. The zero-order valence-electron chi connectivity index (χ0n) is 13.7. The number of aryl methyl sites for hydroxylation is 1. The largest absolute Gasteiger partial charge is 0.497 e. The molecule has 0 bridgehead atoms. The maximum atomic E-state index is 12.1. The molecule has 2 aromatic rings. The highest BCUT2D eigenvalue weighted by Gasteiger charge is 2.09. The van der Waals surface area contributed by atoms with Crippen LogP contribution in [0.2, 0.25) is 0 Å². The zero-order chi connectivity index (χ0) is 16.8. The lowest BCUT2D eigenvalue weighted by Gasteiger charge is -2.10. The average Bonchev–Trinajstić information content (AvgIpc) is 2.59. The first-order valence-corrected chi connectivity index (χ1v) is 7.19. The predicted molar refractivity (Wildman–Crippen MR) is 90.4 cm³/mol. The summed E-state index contributed by atoms with van der Waals surface area (Å²) in [5.41, 5.74) is 5.66. The molecule has 0 radical (unpaired) electrons. The highest BCUT2D eigenvalue weighted by Crippen LogP contribution is 2.25. The van der Waals surface area contributed by atoms with Crippen molar-refractivity contribution >= 4 is 11.6 Å². The summed E-state index contributed by atoms with van der Waals surface area (Å²) in [5, 5.41) is 4.15. The third kappa shape index (κ3) is 4.10. The molecule has 120 valence electrons. The molecule has 0 aliphatic carbocycles. The molecule has 2 aromatic carbocycles. The number of nitrogens with one attached hydrogen (secondary N) is 1. The van der Waals surface area contributed by atoms with Crippen LogP contribution in [-0.2, 0) is 0 Å². The van der Waals surface area contributed by atoms with Crippen LogP contribution in [0, 0.1) is 6.92 Å². The van der Waals surface area contributed by atoms with Crippen molar-refractivity contribution in [1.82, 2.24) is 5.43 Å². The number of hydrogen-bond acceptors (Lipinski definition) is 4. The molecule has 0 saturated carbocycles. The Hall–Kier alpha value is -2.82. The molecule has 0 fully saturated rings. The SMILES string of the molecule is COc1ccc(/C(C)=N/NC(=O)c2ccc(C)cc2)c(OC)c1. The molecule has 0 heterocycles. The van der Waals surface area contributed by atoms with Crippen molar-refractivity contribution in [2.45, 2.75) is 13.8 Å². The molecule has 23 heavy (non-hydrogen) atoms. The van der Waals surface area contributed by atoms with Gasteiger partial charge in [-0.3, -0.25) is 4.79 Å². The summed E-state index contributed by atoms with van der Waals surface area (Å²) in [6.07, 6.45) is 0. The number of ether oxygens (including phenoxy) is 2. The van der Waals surface area contributed by atoms with Gasteiger partial charge in [0.1, 0.15) is 11.5 Å². The quantitative estimate of drug-likeness (QED) is 0.681. The van der Waals surface area contributed by atoms with E-state index in [-0.39, 0.29) is 5.91 Å². The number of hydrazone groups is 1. The van der Waals surface area contributed by atoms with Crippen LogP contribution in [0.3, 0.4) is 0 Å². The minimum Gasteiger partial charge on any atom is -0.497 e. The topological polar surface area (TPSA) is 59.9 Å². The molecule has 2 rings (SSSR count). The first-order chi connectivity index (χ1) is 11.0. The van der Waals surface area contributed by atoms with E-state index >= 15 is 0 Å². The van der Waals surface area contributed by atoms with Crippen molar-refractivity contribution in [2.24, 2.45) is 5.10 Å². The van der Waals surface area contributed by atoms with Crippen molar-refractivity contribution in [2.75, 3.05) is 14.2 Å². The molecular weight excluding hydrogens is 292 g/mol. The van der Waals surface area contributed by atoms with E-state index in [9.17, 15) is 4.79 Å². The Morgan fingerprint density at radius 2 is 1.74 bits per heavy atom. The van der Waals surface area contributed by atoms with Gasteiger partial charge >= 0.3 is 0 Å². The third-order valence-corrected chi connectivity index (χ3v) is 3.44. The second-order valence-electron chi connectivity index (χ2n) is 5.07. The summed E-state index contributed by atoms with van der Waals surface area (Å²) in [7, 11) is 3.17. The number of carbonyl (C=O) groups excluding carboxylic acids is 1. The smallest absolute Gasteiger partial charge is 0.271 e. The minimum absolute atomic E-state index is 0.253. The Labute approximate surface area is 135 Å². The maximum Gasteiger partial charge on any atom is 0.271 e. The maximum absolute atomic E-state index is 12.1. The number of amides is 1. The molecule has 0 saturated heterocycles. The van der Waals surface area contributed by atoms with Crippen LogP contribution in [0.1, 0.15) is 28.4 Å². The Morgan fingerprint density at radius 1 is 1.04 bits per heavy atom. The number of benzene rings is 2. The van der Waals surface area contributed by atoms with Crippen LogP contribution >= 0.6 is 0 Å². The number of rotatable bonds is 5. The van der Waals surface area contributed by atoms with Crippen molar-refractivity contribution < 1.29 is 14.3 Å². The van der Waals surface area contributed by atoms with Gasteiger partial charge < -0.3 is 9.47 Å². The molecule has 5 nitrogen and oxygen atoms in total. The summed E-state index contributed by atoms with van der Waals surface area (Å²) in [6, 6.07) is 12.7. The van der Waals surface area contributed by atoms with E-state index in [4.69, 9.17) is 9.47 Å². The molecule has 1 amide bonds. The number of hydrogen-bond donors (Lipinski definition) is 1. The molecule has 0 unspecified atom stereocenters. The van der Waals surface area contributed by atoms with Gasteiger partial charge in [-0.2, -0.15) is 5.10 Å². The first kappa shape index (κ1) is 16.5. The molecule has 1 N–H and O–H groups in total. The van der Waals surface area contributed by atoms with E-state index < -0.39 is 0 Å². The lowest BCUT2D eigenvalue weighted by molar-refractivity contribution is 0.0955. The predicted octanol–water partition coefficient (Wildman–Crippen LogP) is 3.17. The summed E-state index contributed by atoms with van der Waals surface area (Å²) >= 11 is 0. The van der Waals surface area contributed by atoms with Gasteiger partial charge in [0.15, 0.2) is 0 Å². The molecule has 0 atom stereocenters. The van der Waals surface area contributed by atoms with E-state index in [1.165, 1.54) is 0 Å². The second kappa shape index (κ2) is 7.45. The van der Waals surface area contributed by atoms with Crippen LogP contribution in [0.4, 0.5) is 0 Å². The second-order valence-corrected chi connectivity index (χ2v) is 5.07. The molecule has 0 aliphatic rings. The molecular formula is C18H20N2O3. The van der Waals surface area contributed by atoms with Gasteiger partial charge in [-0.1, -0.05) is 17.7 Å². The van der Waals surface area contributed by atoms with E-state index in [0.717, 1.165) is 11.1 Å². The minimum atomic E-state index is -0.253. The van der Waals surface area contributed by atoms with E-state index in [1.807, 2.05) is 31.2 Å². The van der Waals surface area contributed by atoms with Gasteiger partial charge in [-0.25, -0.2) is 5.43 Å². The van der Waals surface area contributed by atoms with Crippen LogP contribution in [-0.4, -0.2) is 25.8 Å². The fraction of sp³-hybridized carbons (Fsp3) is 0.222. The monoisotopic (exact) mass is 312 g/mol. The summed E-state index contributed by atoms with van der Waals surface area (Å²) in [5.74, 6) is 1.08. The van der Waals surface area contributed by atoms with Gasteiger partial charge in [0.05, 0.1) is 19.9 Å². The lowest BCUT2D eigenvalue weighted by Crippen LogP contribution is -2.19. The number of carbonyl (C=O) groups is 1. The Bertz CT molecular complexity index is 722. The lowest BCUT2D eigenvalue weighted by atomic mass is 10.1. The molecule has 5 heteroatoms. The van der Waals surface area contributed by atoms with Gasteiger partial charge in [-0.15, -0.1) is 0 Å². The Kier molecular flexibility index (Phi) is 5.36. The molecule has 0 aliphatic heterocycles. The van der Waals surface area contributed by atoms with Gasteiger partial charge in [0.25, 0.3) is 5.91 Å². The number of nitrogens with zero attached hydrogens (tertiary/aromatic N) is 1. The standard InChI is InChI=1S/C18H20N2O3/c1-12-5-7-14(8-6-12)18(21)20-19-13(2)16-10-9-15(22-3)11-17(16)23-4/h5-11H,1-4H3,(H,20,21)/b19-13+. The van der Waals surface area contributed by atoms with Crippen LogP contribution in [0.25, 0.3) is 0 Å². The first-order valence-electron chi connectivity index (χ1n) is 7.19. The van der Waals surface area contributed by atoms with E-state index in [0.29, 0.717) is 22.8 Å². The van der Waals surface area contributed by atoms with E-state index in [2.05, 4.69) is 10.5 Å². The van der Waals surface area contributed by atoms with Crippen LogP contribution in [0.15, 0.2) is 47.6 Å². The molecule has 0 aromatic heterocycles. The van der Waals surface area contributed by atoms with E-state index in [1.54, 1.807) is 39.3 Å². The fourth-order valence-electron chi connectivity index (χ4n) is 2.06. The summed E-state index contributed by atoms with van der Waals surface area (Å²) < 4.78 is 10.5. The summed E-state index contributed by atoms with van der Waals surface area (Å²) in [4.78, 5) is 12.1. The highest BCUT2D eigenvalue weighted by molar-refractivity contribution is 6.02. The number of methoxy groups -OCH3 is 2. The van der Waals surface area contributed by atoms with Crippen molar-refractivity contribution in [3.63, 3.8) is 0 Å². The molecule has 0 spiro atoms. The Balaban J connectivity index is 2.16. The third-order valence-electron chi connectivity index (χ3n) is 3.44. The normalized spacial score (nSPS) is 11.0. The Morgan fingerprint density at radius 3 is 2.35 bits per heavy atom. The van der Waals surface area contributed by atoms with Crippen LogP contribution < -0.4 is 14.9 Å². The average molecular weight is 312 g/mol.